The van der Waals surface area contributed by atoms with Crippen LogP contribution >= 0.6 is 0 Å². The second-order valence-corrected chi connectivity index (χ2v) is 6.29. The summed E-state index contributed by atoms with van der Waals surface area (Å²) in [5, 5.41) is 19.1. The van der Waals surface area contributed by atoms with Gasteiger partial charge in [0, 0.05) is 5.41 Å². The Morgan fingerprint density at radius 3 is 1.78 bits per heavy atom. The van der Waals surface area contributed by atoms with E-state index in [-0.39, 0.29) is 18.6 Å². The first kappa shape index (κ1) is 17.9. The van der Waals surface area contributed by atoms with Gasteiger partial charge in [-0.15, -0.1) is 0 Å². The van der Waals surface area contributed by atoms with E-state index in [1.165, 1.54) is 38.5 Å². The Morgan fingerprint density at radius 2 is 1.33 bits per heavy atom. The van der Waals surface area contributed by atoms with Crippen molar-refractivity contribution in [3.63, 3.8) is 0 Å². The van der Waals surface area contributed by atoms with Gasteiger partial charge in [0.25, 0.3) is 0 Å². The van der Waals surface area contributed by atoms with Crippen molar-refractivity contribution < 1.29 is 10.2 Å². The van der Waals surface area contributed by atoms with Gasteiger partial charge in [0.15, 0.2) is 0 Å². The van der Waals surface area contributed by atoms with Crippen LogP contribution in [0, 0.1) is 11.3 Å². The summed E-state index contributed by atoms with van der Waals surface area (Å²) in [6, 6.07) is 0. The normalized spacial score (nSPS) is 12.3. The fraction of sp³-hybridized carbons (Fsp3) is 1.00. The van der Waals surface area contributed by atoms with Gasteiger partial charge in [-0.2, -0.15) is 0 Å². The molecule has 0 aromatic carbocycles. The highest BCUT2D eigenvalue weighted by atomic mass is 16.3. The maximum atomic E-state index is 9.54. The van der Waals surface area contributed by atoms with Crippen LogP contribution in [0.3, 0.4) is 0 Å². The molecule has 110 valence electrons. The molecule has 0 rings (SSSR count). The van der Waals surface area contributed by atoms with Crippen LogP contribution in [0.4, 0.5) is 0 Å². The minimum absolute atomic E-state index is 0.123. The number of hydrogen-bond donors (Lipinski definition) is 2. The molecule has 0 aliphatic rings. The van der Waals surface area contributed by atoms with Gasteiger partial charge in [-0.05, 0) is 18.8 Å². The first-order valence-corrected chi connectivity index (χ1v) is 7.82. The third-order valence-electron chi connectivity index (χ3n) is 3.82. The average Bonchev–Trinajstić information content (AvgIpc) is 2.36. The van der Waals surface area contributed by atoms with Crippen molar-refractivity contribution in [3.8, 4) is 0 Å². The Labute approximate surface area is 114 Å². The summed E-state index contributed by atoms with van der Waals surface area (Å²) in [6.45, 7) is 6.80. The van der Waals surface area contributed by atoms with E-state index in [4.69, 9.17) is 0 Å². The third-order valence-corrected chi connectivity index (χ3v) is 3.82. The van der Waals surface area contributed by atoms with E-state index in [9.17, 15) is 10.2 Å². The summed E-state index contributed by atoms with van der Waals surface area (Å²) < 4.78 is 0. The molecule has 0 aliphatic heterocycles. The van der Waals surface area contributed by atoms with Crippen LogP contribution in [0.25, 0.3) is 0 Å². The zero-order chi connectivity index (χ0) is 13.9. The standard InChI is InChI=1S/C16H34O2/c1-4-5-6-7-8-9-10-11-16(13-17,14-18)12-15(2)3/h15,17-18H,4-14H2,1-3H3. The molecule has 18 heavy (non-hydrogen) atoms. The lowest BCUT2D eigenvalue weighted by atomic mass is 9.77. The molecule has 0 aliphatic carbocycles. The highest BCUT2D eigenvalue weighted by molar-refractivity contribution is 4.79. The van der Waals surface area contributed by atoms with Crippen molar-refractivity contribution in [2.45, 2.75) is 78.6 Å². The second kappa shape index (κ2) is 10.8. The van der Waals surface area contributed by atoms with Gasteiger partial charge in [0.2, 0.25) is 0 Å². The minimum atomic E-state index is -0.239. The Balaban J connectivity index is 3.76. The number of aliphatic hydroxyl groups excluding tert-OH is 2. The number of unbranched alkanes of at least 4 members (excludes halogenated alkanes) is 6. The first-order valence-electron chi connectivity index (χ1n) is 7.82. The summed E-state index contributed by atoms with van der Waals surface area (Å²) in [6.07, 6.45) is 10.9. The molecule has 0 heterocycles. The Bertz CT molecular complexity index is 174. The first-order chi connectivity index (χ1) is 8.60. The van der Waals surface area contributed by atoms with Crippen molar-refractivity contribution in [2.75, 3.05) is 13.2 Å². The van der Waals surface area contributed by atoms with Gasteiger partial charge in [-0.3, -0.25) is 0 Å². The van der Waals surface area contributed by atoms with Gasteiger partial charge in [0.1, 0.15) is 0 Å². The molecular weight excluding hydrogens is 224 g/mol. The Kier molecular flexibility index (Phi) is 10.8. The van der Waals surface area contributed by atoms with E-state index in [1.54, 1.807) is 0 Å². The molecule has 2 nitrogen and oxygen atoms in total. The molecule has 0 fully saturated rings. The van der Waals surface area contributed by atoms with Crippen molar-refractivity contribution >= 4 is 0 Å². The fourth-order valence-corrected chi connectivity index (χ4v) is 2.76. The highest BCUT2D eigenvalue weighted by Crippen LogP contribution is 2.31. The van der Waals surface area contributed by atoms with Crippen molar-refractivity contribution in [1.29, 1.82) is 0 Å². The van der Waals surface area contributed by atoms with Crippen molar-refractivity contribution in [2.24, 2.45) is 11.3 Å². The van der Waals surface area contributed by atoms with E-state index in [0.717, 1.165) is 19.3 Å². The zero-order valence-electron chi connectivity index (χ0n) is 12.7. The maximum Gasteiger partial charge on any atom is 0.0509 e. The molecule has 2 heteroatoms. The van der Waals surface area contributed by atoms with Gasteiger partial charge >= 0.3 is 0 Å². The molecule has 2 N–H and O–H groups in total. The van der Waals surface area contributed by atoms with Crippen LogP contribution in [-0.4, -0.2) is 23.4 Å². The predicted molar refractivity (Wildman–Crippen MR) is 78.7 cm³/mol. The van der Waals surface area contributed by atoms with Gasteiger partial charge in [-0.25, -0.2) is 0 Å². The smallest absolute Gasteiger partial charge is 0.0509 e. The SMILES string of the molecule is CCCCCCCCCC(CO)(CO)CC(C)C. The van der Waals surface area contributed by atoms with Crippen LogP contribution in [0.1, 0.15) is 78.6 Å². The lowest BCUT2D eigenvalue weighted by Gasteiger charge is -2.31. The topological polar surface area (TPSA) is 40.5 Å². The summed E-state index contributed by atoms with van der Waals surface area (Å²) in [5.41, 5.74) is -0.239. The predicted octanol–water partition coefficient (Wildman–Crippen LogP) is 4.14. The number of aliphatic hydroxyl groups is 2. The van der Waals surface area contributed by atoms with Gasteiger partial charge in [-0.1, -0.05) is 65.7 Å². The van der Waals surface area contributed by atoms with Crippen LogP contribution < -0.4 is 0 Å². The summed E-state index contributed by atoms with van der Waals surface area (Å²) in [4.78, 5) is 0. The van der Waals surface area contributed by atoms with E-state index in [2.05, 4.69) is 20.8 Å². The zero-order valence-corrected chi connectivity index (χ0v) is 12.7. The monoisotopic (exact) mass is 258 g/mol. The molecule has 0 radical (unpaired) electrons. The highest BCUT2D eigenvalue weighted by Gasteiger charge is 2.28. The fourth-order valence-electron chi connectivity index (χ4n) is 2.76. The molecule has 0 saturated carbocycles. The maximum absolute atomic E-state index is 9.54. The lowest BCUT2D eigenvalue weighted by molar-refractivity contribution is 0.0275. The van der Waals surface area contributed by atoms with E-state index >= 15 is 0 Å². The summed E-state index contributed by atoms with van der Waals surface area (Å²) >= 11 is 0. The van der Waals surface area contributed by atoms with Crippen molar-refractivity contribution in [1.82, 2.24) is 0 Å². The van der Waals surface area contributed by atoms with Crippen LogP contribution in [0.2, 0.25) is 0 Å². The van der Waals surface area contributed by atoms with Gasteiger partial charge < -0.3 is 10.2 Å². The molecular formula is C16H34O2. The van der Waals surface area contributed by atoms with Crippen LogP contribution in [0.5, 0.6) is 0 Å². The van der Waals surface area contributed by atoms with Crippen molar-refractivity contribution in [3.05, 3.63) is 0 Å². The second-order valence-electron chi connectivity index (χ2n) is 6.29. The molecule has 0 saturated heterocycles. The number of rotatable bonds is 12. The van der Waals surface area contributed by atoms with E-state index in [1.807, 2.05) is 0 Å². The van der Waals surface area contributed by atoms with Gasteiger partial charge in [0.05, 0.1) is 13.2 Å². The van der Waals surface area contributed by atoms with Crippen LogP contribution in [-0.2, 0) is 0 Å². The third kappa shape index (κ3) is 8.10. The molecule has 0 unspecified atom stereocenters. The summed E-state index contributed by atoms with van der Waals surface area (Å²) in [5.74, 6) is 0.536. The molecule has 0 spiro atoms. The quantitative estimate of drug-likeness (QED) is 0.516. The molecule has 0 aromatic rings. The minimum Gasteiger partial charge on any atom is -0.396 e. The van der Waals surface area contributed by atoms with Crippen LogP contribution in [0.15, 0.2) is 0 Å². The molecule has 0 amide bonds. The van der Waals surface area contributed by atoms with E-state index in [0.29, 0.717) is 5.92 Å². The lowest BCUT2D eigenvalue weighted by Crippen LogP contribution is -2.31. The average molecular weight is 258 g/mol. The Hall–Kier alpha value is -0.0800. The molecule has 0 atom stereocenters. The largest absolute Gasteiger partial charge is 0.396 e. The molecule has 0 bridgehead atoms. The molecule has 0 aromatic heterocycles. The number of hydrogen-bond acceptors (Lipinski definition) is 2. The Morgan fingerprint density at radius 1 is 0.833 bits per heavy atom. The summed E-state index contributed by atoms with van der Waals surface area (Å²) in [7, 11) is 0. The van der Waals surface area contributed by atoms with E-state index < -0.39 is 0 Å².